The first-order valence-electron chi connectivity index (χ1n) is 6.29. The highest BCUT2D eigenvalue weighted by molar-refractivity contribution is 5.83. The number of hydrogen-bond acceptors (Lipinski definition) is 5. The summed E-state index contributed by atoms with van der Waals surface area (Å²) < 4.78 is 9.21. The Hall–Kier alpha value is -2.17. The molecule has 20 heavy (non-hydrogen) atoms. The molecule has 0 bridgehead atoms. The van der Waals surface area contributed by atoms with Crippen LogP contribution in [0.4, 0.5) is 0 Å². The number of methoxy groups -OCH3 is 1. The van der Waals surface area contributed by atoms with E-state index in [0.717, 1.165) is 17.7 Å². The molecule has 0 spiro atoms. The number of carbonyl (C=O) groups excluding carboxylic acids is 3. The molecule has 0 fully saturated rings. The van der Waals surface area contributed by atoms with E-state index in [1.165, 1.54) is 19.4 Å². The Kier molecular flexibility index (Phi) is 5.90. The summed E-state index contributed by atoms with van der Waals surface area (Å²) >= 11 is 0. The van der Waals surface area contributed by atoms with Gasteiger partial charge < -0.3 is 9.47 Å². The predicted molar refractivity (Wildman–Crippen MR) is 72.5 cm³/mol. The Morgan fingerprint density at radius 2 is 1.75 bits per heavy atom. The molecule has 0 saturated carbocycles. The van der Waals surface area contributed by atoms with Crippen LogP contribution in [0.5, 0.6) is 5.75 Å². The first-order valence-corrected chi connectivity index (χ1v) is 6.29. The quantitative estimate of drug-likeness (QED) is 0.579. The lowest BCUT2D eigenvalue weighted by atomic mass is 9.90. The normalized spacial score (nSPS) is 12.7. The maximum Gasteiger partial charge on any atom is 0.310 e. The van der Waals surface area contributed by atoms with Gasteiger partial charge in [-0.3, -0.25) is 14.4 Å². The molecular formula is C15H18O5. The van der Waals surface area contributed by atoms with Crippen molar-refractivity contribution in [3.05, 3.63) is 29.3 Å². The number of fused-ring (bicyclic) bond motifs is 1. The third kappa shape index (κ3) is 4.84. The molecule has 5 heteroatoms. The van der Waals surface area contributed by atoms with Crippen LogP contribution >= 0.6 is 0 Å². The molecule has 0 radical (unpaired) electrons. The van der Waals surface area contributed by atoms with Crippen molar-refractivity contribution < 1.29 is 23.9 Å². The van der Waals surface area contributed by atoms with Crippen LogP contribution in [-0.4, -0.2) is 24.8 Å². The number of ether oxygens (including phenoxy) is 2. The van der Waals surface area contributed by atoms with Gasteiger partial charge in [0, 0.05) is 26.7 Å². The molecule has 0 heterocycles. The number of esters is 2. The second-order valence-electron chi connectivity index (χ2n) is 4.40. The fourth-order valence-electron chi connectivity index (χ4n) is 2.02. The summed E-state index contributed by atoms with van der Waals surface area (Å²) in [5.41, 5.74) is 2.35. The highest BCUT2D eigenvalue weighted by atomic mass is 16.6. The summed E-state index contributed by atoms with van der Waals surface area (Å²) in [4.78, 5) is 30.8. The summed E-state index contributed by atoms with van der Waals surface area (Å²) in [7, 11) is 1.67. The van der Waals surface area contributed by atoms with Crippen molar-refractivity contribution in [3.63, 3.8) is 0 Å². The van der Waals surface area contributed by atoms with Gasteiger partial charge in [0.05, 0.1) is 7.11 Å². The number of benzene rings is 1. The Morgan fingerprint density at radius 3 is 2.25 bits per heavy atom. The zero-order valence-electron chi connectivity index (χ0n) is 11.9. The first-order chi connectivity index (χ1) is 9.43. The molecule has 0 unspecified atom stereocenters. The van der Waals surface area contributed by atoms with Crippen molar-refractivity contribution in [2.75, 3.05) is 7.11 Å². The summed E-state index contributed by atoms with van der Waals surface area (Å²) in [5.74, 6) is 0.130. The third-order valence-corrected chi connectivity index (χ3v) is 2.78. The molecule has 0 atom stereocenters. The maximum absolute atomic E-state index is 11.2. The second-order valence-corrected chi connectivity index (χ2v) is 4.40. The van der Waals surface area contributed by atoms with Gasteiger partial charge in [-0.05, 0) is 23.6 Å². The first kappa shape index (κ1) is 15.9. The van der Waals surface area contributed by atoms with Gasteiger partial charge in [0.15, 0.2) is 0 Å². The van der Waals surface area contributed by atoms with Crippen LogP contribution in [0.15, 0.2) is 18.2 Å². The van der Waals surface area contributed by atoms with Crippen LogP contribution in [0, 0.1) is 0 Å². The van der Waals surface area contributed by atoms with E-state index in [-0.39, 0.29) is 0 Å². The van der Waals surface area contributed by atoms with E-state index in [1.54, 1.807) is 7.11 Å². The Bertz CT molecular complexity index is 507. The largest absolute Gasteiger partial charge is 0.496 e. The number of rotatable bonds is 1. The van der Waals surface area contributed by atoms with Crippen LogP contribution in [0.25, 0.3) is 0 Å². The SMILES string of the molecule is CC(=O)OC(C)=O.COc1cccc2c1CCC(=O)C2. The van der Waals surface area contributed by atoms with E-state index in [0.29, 0.717) is 18.6 Å². The van der Waals surface area contributed by atoms with Crippen molar-refractivity contribution in [2.24, 2.45) is 0 Å². The van der Waals surface area contributed by atoms with Crippen LogP contribution in [0.3, 0.4) is 0 Å². The molecule has 1 aliphatic rings. The van der Waals surface area contributed by atoms with Gasteiger partial charge in [-0.2, -0.15) is 0 Å². The third-order valence-electron chi connectivity index (χ3n) is 2.78. The molecule has 1 aromatic carbocycles. The lowest BCUT2D eigenvalue weighted by Crippen LogP contribution is -2.13. The summed E-state index contributed by atoms with van der Waals surface area (Å²) in [6.45, 7) is 2.36. The van der Waals surface area contributed by atoms with E-state index in [9.17, 15) is 14.4 Å². The zero-order chi connectivity index (χ0) is 15.1. The minimum atomic E-state index is -0.562. The molecule has 0 aromatic heterocycles. The number of carbonyl (C=O) groups is 3. The average Bonchev–Trinajstić information content (AvgIpc) is 2.36. The molecule has 5 nitrogen and oxygen atoms in total. The van der Waals surface area contributed by atoms with Gasteiger partial charge in [0.2, 0.25) is 0 Å². The molecule has 0 N–H and O–H groups in total. The Balaban J connectivity index is 0.000000246. The maximum atomic E-state index is 11.2. The van der Waals surface area contributed by atoms with E-state index in [1.807, 2.05) is 18.2 Å². The fourth-order valence-corrected chi connectivity index (χ4v) is 2.02. The lowest BCUT2D eigenvalue weighted by molar-refractivity contribution is -0.156. The smallest absolute Gasteiger partial charge is 0.310 e. The molecule has 1 aromatic rings. The van der Waals surface area contributed by atoms with Gasteiger partial charge in [-0.15, -0.1) is 0 Å². The molecule has 1 aliphatic carbocycles. The van der Waals surface area contributed by atoms with Crippen LogP contribution in [0.2, 0.25) is 0 Å². The molecule has 0 aliphatic heterocycles. The molecule has 108 valence electrons. The molecule has 2 rings (SSSR count). The standard InChI is InChI=1S/C11H12O2.C4H6O3/c1-13-11-4-2-3-8-7-9(12)5-6-10(8)11;1-3(5)7-4(2)6/h2-4H,5-7H2,1H3;1-2H3. The van der Waals surface area contributed by atoms with Crippen LogP contribution in [-0.2, 0) is 32.0 Å². The Morgan fingerprint density at radius 1 is 1.10 bits per heavy atom. The zero-order valence-corrected chi connectivity index (χ0v) is 11.9. The topological polar surface area (TPSA) is 69.7 Å². The van der Waals surface area contributed by atoms with E-state index >= 15 is 0 Å². The molecular weight excluding hydrogens is 260 g/mol. The number of ketones is 1. The van der Waals surface area contributed by atoms with Crippen molar-refractivity contribution in [1.29, 1.82) is 0 Å². The van der Waals surface area contributed by atoms with Gasteiger partial charge >= 0.3 is 11.9 Å². The van der Waals surface area contributed by atoms with Crippen molar-refractivity contribution in [3.8, 4) is 5.75 Å². The van der Waals surface area contributed by atoms with Gasteiger partial charge in [0.25, 0.3) is 0 Å². The minimum absolute atomic E-state index is 0.334. The number of Topliss-reactive ketones (excluding diaryl/α,β-unsaturated/α-hetero) is 1. The summed E-state index contributed by atoms with van der Waals surface area (Å²) in [5, 5.41) is 0. The average molecular weight is 278 g/mol. The fraction of sp³-hybridized carbons (Fsp3) is 0.400. The Labute approximate surface area is 117 Å². The van der Waals surface area contributed by atoms with E-state index in [4.69, 9.17) is 4.74 Å². The van der Waals surface area contributed by atoms with Gasteiger partial charge in [0.1, 0.15) is 11.5 Å². The molecule has 0 amide bonds. The van der Waals surface area contributed by atoms with Crippen molar-refractivity contribution >= 4 is 17.7 Å². The highest BCUT2D eigenvalue weighted by Crippen LogP contribution is 2.27. The van der Waals surface area contributed by atoms with Crippen molar-refractivity contribution in [1.82, 2.24) is 0 Å². The van der Waals surface area contributed by atoms with E-state index in [2.05, 4.69) is 4.74 Å². The number of hydrogen-bond donors (Lipinski definition) is 0. The van der Waals surface area contributed by atoms with Crippen LogP contribution in [0.1, 0.15) is 31.4 Å². The van der Waals surface area contributed by atoms with Gasteiger partial charge in [-0.1, -0.05) is 12.1 Å². The monoisotopic (exact) mass is 278 g/mol. The minimum Gasteiger partial charge on any atom is -0.496 e. The molecule has 0 saturated heterocycles. The lowest BCUT2D eigenvalue weighted by Gasteiger charge is -2.17. The van der Waals surface area contributed by atoms with E-state index < -0.39 is 11.9 Å². The highest BCUT2D eigenvalue weighted by Gasteiger charge is 2.17. The van der Waals surface area contributed by atoms with Crippen LogP contribution < -0.4 is 4.74 Å². The summed E-state index contributed by atoms with van der Waals surface area (Å²) in [6, 6.07) is 5.90. The summed E-state index contributed by atoms with van der Waals surface area (Å²) in [6.07, 6.45) is 2.07. The second kappa shape index (κ2) is 7.43. The predicted octanol–water partition coefficient (Wildman–Crippen LogP) is 1.85. The van der Waals surface area contributed by atoms with Gasteiger partial charge in [-0.25, -0.2) is 0 Å². The van der Waals surface area contributed by atoms with Crippen molar-refractivity contribution in [2.45, 2.75) is 33.1 Å².